The highest BCUT2D eigenvalue weighted by Gasteiger charge is 2.14. The van der Waals surface area contributed by atoms with Gasteiger partial charge in [-0.2, -0.15) is 0 Å². The number of likely N-dealkylation sites (N-methyl/N-ethyl adjacent to an activating group) is 1. The summed E-state index contributed by atoms with van der Waals surface area (Å²) in [6.07, 6.45) is 0.814. The molecule has 0 saturated carbocycles. The zero-order valence-corrected chi connectivity index (χ0v) is 14.4. The fourth-order valence-corrected chi connectivity index (χ4v) is 2.91. The monoisotopic (exact) mass is 369 g/mol. The maximum Gasteiger partial charge on any atom is 0.123 e. The van der Waals surface area contributed by atoms with E-state index in [0.717, 1.165) is 34.1 Å². The van der Waals surface area contributed by atoms with Crippen LogP contribution in [0.1, 0.15) is 29.7 Å². The summed E-state index contributed by atoms with van der Waals surface area (Å²) in [5.41, 5.74) is 3.29. The molecular formula is C17H18BrClFN. The van der Waals surface area contributed by atoms with E-state index in [4.69, 9.17) is 11.6 Å². The van der Waals surface area contributed by atoms with Gasteiger partial charge in [0, 0.05) is 10.5 Å². The van der Waals surface area contributed by atoms with E-state index in [1.807, 2.05) is 31.2 Å². The van der Waals surface area contributed by atoms with Gasteiger partial charge in [-0.05, 0) is 76.8 Å². The van der Waals surface area contributed by atoms with Gasteiger partial charge in [-0.3, -0.25) is 0 Å². The van der Waals surface area contributed by atoms with Crippen LogP contribution in [0.3, 0.4) is 0 Å². The van der Waals surface area contributed by atoms with Crippen LogP contribution in [0.25, 0.3) is 0 Å². The van der Waals surface area contributed by atoms with E-state index in [2.05, 4.69) is 28.2 Å². The number of hydrogen-bond donors (Lipinski definition) is 1. The molecule has 0 aliphatic rings. The van der Waals surface area contributed by atoms with E-state index in [0.29, 0.717) is 5.02 Å². The molecule has 1 atom stereocenters. The maximum absolute atomic E-state index is 13.2. The molecule has 21 heavy (non-hydrogen) atoms. The largest absolute Gasteiger partial charge is 0.310 e. The summed E-state index contributed by atoms with van der Waals surface area (Å²) in [5.74, 6) is -0.189. The molecule has 1 nitrogen and oxygen atoms in total. The molecule has 2 rings (SSSR count). The summed E-state index contributed by atoms with van der Waals surface area (Å²) in [5, 5.41) is 4.18. The number of halogens is 3. The van der Waals surface area contributed by atoms with Crippen LogP contribution < -0.4 is 5.32 Å². The molecule has 0 aliphatic carbocycles. The Morgan fingerprint density at radius 1 is 1.24 bits per heavy atom. The predicted molar refractivity (Wildman–Crippen MR) is 90.4 cm³/mol. The van der Waals surface area contributed by atoms with E-state index >= 15 is 0 Å². The first-order valence-electron chi connectivity index (χ1n) is 6.94. The first-order valence-corrected chi connectivity index (χ1v) is 8.11. The van der Waals surface area contributed by atoms with Crippen LogP contribution in [-0.4, -0.2) is 6.54 Å². The minimum Gasteiger partial charge on any atom is -0.310 e. The highest BCUT2D eigenvalue weighted by atomic mass is 79.9. The smallest absolute Gasteiger partial charge is 0.123 e. The lowest BCUT2D eigenvalue weighted by Gasteiger charge is -2.20. The third-order valence-corrected chi connectivity index (χ3v) is 4.74. The van der Waals surface area contributed by atoms with Gasteiger partial charge in [-0.25, -0.2) is 4.39 Å². The van der Waals surface area contributed by atoms with Gasteiger partial charge in [0.2, 0.25) is 0 Å². The summed E-state index contributed by atoms with van der Waals surface area (Å²) in [4.78, 5) is 0. The Morgan fingerprint density at radius 2 is 2.00 bits per heavy atom. The number of aryl methyl sites for hydroxylation is 1. The molecule has 0 aliphatic heterocycles. The molecule has 4 heteroatoms. The maximum atomic E-state index is 13.2. The molecule has 0 heterocycles. The number of nitrogens with one attached hydrogen (secondary N) is 1. The molecule has 1 N–H and O–H groups in total. The SMILES string of the molecule is CCNC(Cc1ccc(F)cc1C)c1ccc(Cl)c(Br)c1. The van der Waals surface area contributed by atoms with E-state index < -0.39 is 0 Å². The molecular weight excluding hydrogens is 353 g/mol. The van der Waals surface area contributed by atoms with Gasteiger partial charge in [0.1, 0.15) is 5.82 Å². The quantitative estimate of drug-likeness (QED) is 0.738. The van der Waals surface area contributed by atoms with Crippen LogP contribution in [-0.2, 0) is 6.42 Å². The highest BCUT2D eigenvalue weighted by molar-refractivity contribution is 9.10. The first kappa shape index (κ1) is 16.5. The van der Waals surface area contributed by atoms with Gasteiger partial charge in [0.25, 0.3) is 0 Å². The van der Waals surface area contributed by atoms with Crippen molar-refractivity contribution in [1.82, 2.24) is 5.32 Å². The fraction of sp³-hybridized carbons (Fsp3) is 0.294. The van der Waals surface area contributed by atoms with E-state index in [9.17, 15) is 4.39 Å². The highest BCUT2D eigenvalue weighted by Crippen LogP contribution is 2.28. The molecule has 0 amide bonds. The van der Waals surface area contributed by atoms with E-state index in [1.165, 1.54) is 6.07 Å². The van der Waals surface area contributed by atoms with Gasteiger partial charge >= 0.3 is 0 Å². The van der Waals surface area contributed by atoms with E-state index in [-0.39, 0.29) is 11.9 Å². The third kappa shape index (κ3) is 4.29. The van der Waals surface area contributed by atoms with Crippen molar-refractivity contribution < 1.29 is 4.39 Å². The van der Waals surface area contributed by atoms with Crippen molar-refractivity contribution in [2.45, 2.75) is 26.3 Å². The van der Waals surface area contributed by atoms with Crippen LogP contribution in [0.15, 0.2) is 40.9 Å². The second-order valence-electron chi connectivity index (χ2n) is 5.06. The van der Waals surface area contributed by atoms with Crippen molar-refractivity contribution >= 4 is 27.5 Å². The van der Waals surface area contributed by atoms with Crippen LogP contribution >= 0.6 is 27.5 Å². The van der Waals surface area contributed by atoms with Gasteiger partial charge in [-0.1, -0.05) is 30.7 Å². The van der Waals surface area contributed by atoms with Crippen molar-refractivity contribution in [3.63, 3.8) is 0 Å². The lowest BCUT2D eigenvalue weighted by Crippen LogP contribution is -2.23. The second kappa shape index (κ2) is 7.39. The molecule has 0 radical (unpaired) electrons. The van der Waals surface area contributed by atoms with Crippen molar-refractivity contribution in [3.05, 3.63) is 68.4 Å². The predicted octanol–water partition coefficient (Wildman–Crippen LogP) is 5.44. The standard InChI is InChI=1S/C17H18BrClFN/c1-3-21-17(13-5-7-16(19)15(18)9-13)10-12-4-6-14(20)8-11(12)2/h4-9,17,21H,3,10H2,1-2H3. The molecule has 0 spiro atoms. The third-order valence-electron chi connectivity index (χ3n) is 3.53. The van der Waals surface area contributed by atoms with Crippen molar-refractivity contribution in [1.29, 1.82) is 0 Å². The Bertz CT molecular complexity index is 630. The van der Waals surface area contributed by atoms with Crippen molar-refractivity contribution in [3.8, 4) is 0 Å². The zero-order valence-electron chi connectivity index (χ0n) is 12.1. The Kier molecular flexibility index (Phi) is 5.80. The van der Waals surface area contributed by atoms with Gasteiger partial charge in [-0.15, -0.1) is 0 Å². The summed E-state index contributed by atoms with van der Waals surface area (Å²) in [6.45, 7) is 4.89. The Hall–Kier alpha value is -0.900. The van der Waals surface area contributed by atoms with E-state index in [1.54, 1.807) is 6.07 Å². The molecule has 2 aromatic carbocycles. The summed E-state index contributed by atoms with van der Waals surface area (Å²) in [7, 11) is 0. The number of rotatable bonds is 5. The van der Waals surface area contributed by atoms with Crippen molar-refractivity contribution in [2.75, 3.05) is 6.54 Å². The van der Waals surface area contributed by atoms with Gasteiger partial charge in [0.15, 0.2) is 0 Å². The minimum atomic E-state index is -0.189. The number of benzene rings is 2. The Labute approximate surface area is 138 Å². The van der Waals surface area contributed by atoms with Crippen LogP contribution in [0.2, 0.25) is 5.02 Å². The van der Waals surface area contributed by atoms with Crippen LogP contribution in [0.5, 0.6) is 0 Å². The summed E-state index contributed by atoms with van der Waals surface area (Å²) in [6, 6.07) is 11.1. The van der Waals surface area contributed by atoms with Gasteiger partial charge in [0.05, 0.1) is 5.02 Å². The molecule has 0 saturated heterocycles. The molecule has 0 aromatic heterocycles. The first-order chi connectivity index (χ1) is 10.0. The topological polar surface area (TPSA) is 12.0 Å². The zero-order chi connectivity index (χ0) is 15.4. The van der Waals surface area contributed by atoms with Crippen LogP contribution in [0, 0.1) is 12.7 Å². The lowest BCUT2D eigenvalue weighted by atomic mass is 9.96. The van der Waals surface area contributed by atoms with Crippen LogP contribution in [0.4, 0.5) is 4.39 Å². The Morgan fingerprint density at radius 3 is 2.62 bits per heavy atom. The molecule has 2 aromatic rings. The fourth-order valence-electron chi connectivity index (χ4n) is 2.39. The average molecular weight is 371 g/mol. The minimum absolute atomic E-state index is 0.174. The summed E-state index contributed by atoms with van der Waals surface area (Å²) >= 11 is 9.52. The van der Waals surface area contributed by atoms with Gasteiger partial charge < -0.3 is 5.32 Å². The molecule has 0 bridgehead atoms. The van der Waals surface area contributed by atoms with Crippen molar-refractivity contribution in [2.24, 2.45) is 0 Å². The summed E-state index contributed by atoms with van der Waals surface area (Å²) < 4.78 is 14.1. The Balaban J connectivity index is 2.28. The molecule has 112 valence electrons. The lowest BCUT2D eigenvalue weighted by molar-refractivity contribution is 0.547. The second-order valence-corrected chi connectivity index (χ2v) is 6.32. The average Bonchev–Trinajstić information content (AvgIpc) is 2.44. The molecule has 0 fully saturated rings. The number of hydrogen-bond acceptors (Lipinski definition) is 1. The normalized spacial score (nSPS) is 12.4. The molecule has 1 unspecified atom stereocenters.